The summed E-state index contributed by atoms with van der Waals surface area (Å²) < 4.78 is 2.87. The molecule has 2 nitrogen and oxygen atoms in total. The van der Waals surface area contributed by atoms with Crippen molar-refractivity contribution in [1.29, 1.82) is 0 Å². The molecule has 1 aromatic heterocycles. The number of hydrogen-bond donors (Lipinski definition) is 0. The Balaban J connectivity index is 1.83. The number of halogens is 1. The van der Waals surface area contributed by atoms with Crippen molar-refractivity contribution in [2.24, 2.45) is 0 Å². The van der Waals surface area contributed by atoms with Crippen molar-refractivity contribution in [3.05, 3.63) is 89.2 Å². The SMILES string of the molecule is C[C@H](C(=O)c1ccc(-c2ccccc2)cc1)[n+]1cccc(Br)c1. The van der Waals surface area contributed by atoms with Crippen molar-refractivity contribution in [2.45, 2.75) is 13.0 Å². The van der Waals surface area contributed by atoms with E-state index >= 15 is 0 Å². The Bertz CT molecular complexity index is 813. The van der Waals surface area contributed by atoms with Gasteiger partial charge in [0.2, 0.25) is 11.8 Å². The molecule has 0 N–H and O–H groups in total. The first-order valence-electron chi connectivity index (χ1n) is 7.51. The van der Waals surface area contributed by atoms with Gasteiger partial charge in [-0.25, -0.2) is 0 Å². The van der Waals surface area contributed by atoms with Gasteiger partial charge in [-0.3, -0.25) is 4.79 Å². The minimum atomic E-state index is -0.241. The third-order valence-corrected chi connectivity index (χ3v) is 4.36. The van der Waals surface area contributed by atoms with Gasteiger partial charge in [0.25, 0.3) is 0 Å². The molecule has 0 spiro atoms. The van der Waals surface area contributed by atoms with Crippen LogP contribution in [0.2, 0.25) is 0 Å². The molecular weight excluding hydrogens is 350 g/mol. The zero-order valence-corrected chi connectivity index (χ0v) is 14.4. The summed E-state index contributed by atoms with van der Waals surface area (Å²) in [4.78, 5) is 12.7. The molecule has 3 rings (SSSR count). The van der Waals surface area contributed by atoms with Gasteiger partial charge in [0.05, 0.1) is 4.47 Å². The largest absolute Gasteiger partial charge is 0.287 e. The number of nitrogens with zero attached hydrogens (tertiary/aromatic N) is 1. The van der Waals surface area contributed by atoms with E-state index in [1.165, 1.54) is 0 Å². The summed E-state index contributed by atoms with van der Waals surface area (Å²) in [5.41, 5.74) is 3.00. The van der Waals surface area contributed by atoms with E-state index in [4.69, 9.17) is 0 Å². The van der Waals surface area contributed by atoms with E-state index in [0.29, 0.717) is 0 Å². The Morgan fingerprint density at radius 1 is 0.913 bits per heavy atom. The molecule has 114 valence electrons. The van der Waals surface area contributed by atoms with Gasteiger partial charge in [-0.1, -0.05) is 54.6 Å². The lowest BCUT2D eigenvalue weighted by atomic mass is 10.00. The number of carbonyl (C=O) groups excluding carboxylic acids is 1. The number of carbonyl (C=O) groups is 1. The number of rotatable bonds is 4. The topological polar surface area (TPSA) is 20.9 Å². The summed E-state index contributed by atoms with van der Waals surface area (Å²) in [6.07, 6.45) is 3.83. The Labute approximate surface area is 144 Å². The lowest BCUT2D eigenvalue weighted by molar-refractivity contribution is -0.705. The highest BCUT2D eigenvalue weighted by atomic mass is 79.9. The molecule has 0 aliphatic rings. The highest BCUT2D eigenvalue weighted by Crippen LogP contribution is 2.20. The molecule has 0 unspecified atom stereocenters. The van der Waals surface area contributed by atoms with Gasteiger partial charge in [0, 0.05) is 18.6 Å². The second-order valence-electron chi connectivity index (χ2n) is 5.45. The fourth-order valence-electron chi connectivity index (χ4n) is 2.54. The summed E-state index contributed by atoms with van der Waals surface area (Å²) in [5, 5.41) is 0. The summed E-state index contributed by atoms with van der Waals surface area (Å²) in [6.45, 7) is 1.92. The molecule has 0 bridgehead atoms. The van der Waals surface area contributed by atoms with Crippen molar-refractivity contribution in [3.8, 4) is 11.1 Å². The minimum Gasteiger partial charge on any atom is -0.287 e. The van der Waals surface area contributed by atoms with E-state index < -0.39 is 0 Å². The maximum Gasteiger partial charge on any atom is 0.230 e. The van der Waals surface area contributed by atoms with Crippen LogP contribution >= 0.6 is 15.9 Å². The predicted octanol–water partition coefficient (Wildman–Crippen LogP) is 4.85. The predicted molar refractivity (Wildman–Crippen MR) is 95.3 cm³/mol. The van der Waals surface area contributed by atoms with Gasteiger partial charge >= 0.3 is 0 Å². The Kier molecular flexibility index (Phi) is 4.68. The zero-order chi connectivity index (χ0) is 16.2. The fraction of sp³-hybridized carbons (Fsp3) is 0.100. The lowest BCUT2D eigenvalue weighted by Gasteiger charge is -2.08. The molecular formula is C20H17BrNO+. The zero-order valence-electron chi connectivity index (χ0n) is 12.8. The number of ketones is 1. The van der Waals surface area contributed by atoms with Gasteiger partial charge in [-0.2, -0.15) is 4.57 Å². The standard InChI is InChI=1S/C20H17BrNO/c1-15(22-13-5-8-19(21)14-22)20(23)18-11-9-17(10-12-18)16-6-3-2-4-7-16/h2-15H,1H3/q+1/t15-/m1/s1. The smallest absolute Gasteiger partial charge is 0.230 e. The molecule has 0 amide bonds. The molecule has 3 heteroatoms. The molecule has 0 saturated heterocycles. The summed E-state index contributed by atoms with van der Waals surface area (Å²) in [7, 11) is 0. The third kappa shape index (κ3) is 3.57. The molecule has 23 heavy (non-hydrogen) atoms. The van der Waals surface area contributed by atoms with Crippen LogP contribution < -0.4 is 4.57 Å². The number of hydrogen-bond acceptors (Lipinski definition) is 1. The Morgan fingerprint density at radius 3 is 2.22 bits per heavy atom. The van der Waals surface area contributed by atoms with Gasteiger partial charge in [0.15, 0.2) is 12.4 Å². The molecule has 0 fully saturated rings. The van der Waals surface area contributed by atoms with Gasteiger partial charge in [-0.05, 0) is 33.1 Å². The molecule has 0 saturated carbocycles. The van der Waals surface area contributed by atoms with Crippen molar-refractivity contribution < 1.29 is 9.36 Å². The van der Waals surface area contributed by atoms with Crippen molar-refractivity contribution >= 4 is 21.7 Å². The summed E-state index contributed by atoms with van der Waals surface area (Å²) >= 11 is 3.44. The van der Waals surface area contributed by atoms with Crippen molar-refractivity contribution in [2.75, 3.05) is 0 Å². The van der Waals surface area contributed by atoms with Crippen LogP contribution in [0.4, 0.5) is 0 Å². The van der Waals surface area contributed by atoms with E-state index in [1.807, 2.05) is 78.5 Å². The molecule has 0 radical (unpaired) electrons. The van der Waals surface area contributed by atoms with Crippen LogP contribution in [0, 0.1) is 0 Å². The third-order valence-electron chi connectivity index (χ3n) is 3.89. The minimum absolute atomic E-state index is 0.104. The Hall–Kier alpha value is -2.26. The second kappa shape index (κ2) is 6.88. The van der Waals surface area contributed by atoms with Crippen LogP contribution in [0.1, 0.15) is 23.3 Å². The van der Waals surface area contributed by atoms with E-state index in [2.05, 4.69) is 28.1 Å². The van der Waals surface area contributed by atoms with Crippen LogP contribution in [0.25, 0.3) is 11.1 Å². The summed E-state index contributed by atoms with van der Waals surface area (Å²) in [6, 6.07) is 21.6. The van der Waals surface area contributed by atoms with Crippen LogP contribution in [0.5, 0.6) is 0 Å². The van der Waals surface area contributed by atoms with Gasteiger partial charge in [0.1, 0.15) is 0 Å². The quantitative estimate of drug-likeness (QED) is 0.477. The fourth-order valence-corrected chi connectivity index (χ4v) is 2.93. The average molecular weight is 367 g/mol. The molecule has 1 heterocycles. The number of aromatic nitrogens is 1. The van der Waals surface area contributed by atoms with E-state index in [-0.39, 0.29) is 11.8 Å². The van der Waals surface area contributed by atoms with Crippen LogP contribution in [0.15, 0.2) is 83.6 Å². The molecule has 2 aromatic carbocycles. The van der Waals surface area contributed by atoms with Crippen LogP contribution in [-0.2, 0) is 0 Å². The number of Topliss-reactive ketones (excluding diaryl/α,β-unsaturated/α-hetero) is 1. The molecule has 0 aliphatic carbocycles. The first kappa shape index (κ1) is 15.6. The number of pyridine rings is 1. The van der Waals surface area contributed by atoms with Crippen molar-refractivity contribution in [3.63, 3.8) is 0 Å². The molecule has 0 aliphatic heterocycles. The number of benzene rings is 2. The van der Waals surface area contributed by atoms with Gasteiger partial charge < -0.3 is 0 Å². The highest BCUT2D eigenvalue weighted by Gasteiger charge is 2.23. The average Bonchev–Trinajstić information content (AvgIpc) is 2.61. The highest BCUT2D eigenvalue weighted by molar-refractivity contribution is 9.10. The van der Waals surface area contributed by atoms with E-state index in [1.54, 1.807) is 0 Å². The second-order valence-corrected chi connectivity index (χ2v) is 6.37. The summed E-state index contributed by atoms with van der Waals surface area (Å²) in [5.74, 6) is 0.104. The first-order valence-corrected chi connectivity index (χ1v) is 8.30. The maximum absolute atomic E-state index is 12.7. The van der Waals surface area contributed by atoms with Crippen molar-refractivity contribution in [1.82, 2.24) is 0 Å². The van der Waals surface area contributed by atoms with Crippen LogP contribution in [-0.4, -0.2) is 5.78 Å². The van der Waals surface area contributed by atoms with E-state index in [0.717, 1.165) is 21.2 Å². The molecule has 1 atom stereocenters. The first-order chi connectivity index (χ1) is 11.1. The molecule has 3 aromatic rings. The van der Waals surface area contributed by atoms with E-state index in [9.17, 15) is 4.79 Å². The maximum atomic E-state index is 12.7. The van der Waals surface area contributed by atoms with Gasteiger partial charge in [-0.15, -0.1) is 0 Å². The normalized spacial score (nSPS) is 11.9. The monoisotopic (exact) mass is 366 g/mol. The van der Waals surface area contributed by atoms with Crippen LogP contribution in [0.3, 0.4) is 0 Å². The lowest BCUT2D eigenvalue weighted by Crippen LogP contribution is -2.41. The Morgan fingerprint density at radius 2 is 1.57 bits per heavy atom.